The van der Waals surface area contributed by atoms with Gasteiger partial charge in [-0.3, -0.25) is 14.1 Å². The van der Waals surface area contributed by atoms with E-state index in [0.717, 1.165) is 5.69 Å². The van der Waals surface area contributed by atoms with Gasteiger partial charge in [-0.1, -0.05) is 25.3 Å². The van der Waals surface area contributed by atoms with Gasteiger partial charge in [-0.15, -0.1) is 0 Å². The lowest BCUT2D eigenvalue weighted by molar-refractivity contribution is 0.0760. The molecular weight excluding hydrogens is 290 g/mol. The standard InChI is InChI=1S/C18H25N3O2/c1-14(22)12-20(16-7-3-2-4-8-16)13-15-11-18(23)21-10-6-5-9-17(21)19-15/h5-6,9-11,14,16,22H,2-4,7-8,12-13H2,1H3. The third kappa shape index (κ3) is 3.98. The van der Waals surface area contributed by atoms with Crippen LogP contribution in [-0.2, 0) is 6.54 Å². The Hall–Kier alpha value is -1.72. The molecule has 1 unspecified atom stereocenters. The average Bonchev–Trinajstić information content (AvgIpc) is 2.55. The van der Waals surface area contributed by atoms with Gasteiger partial charge >= 0.3 is 0 Å². The summed E-state index contributed by atoms with van der Waals surface area (Å²) in [6, 6.07) is 7.67. The van der Waals surface area contributed by atoms with Gasteiger partial charge < -0.3 is 5.11 Å². The minimum absolute atomic E-state index is 0.0498. The van der Waals surface area contributed by atoms with Crippen LogP contribution in [0, 0.1) is 0 Å². The Morgan fingerprint density at radius 3 is 2.87 bits per heavy atom. The molecule has 5 nitrogen and oxygen atoms in total. The molecule has 1 fully saturated rings. The van der Waals surface area contributed by atoms with Gasteiger partial charge in [-0.25, -0.2) is 4.98 Å². The van der Waals surface area contributed by atoms with Crippen molar-refractivity contribution in [2.45, 2.75) is 57.7 Å². The predicted molar refractivity (Wildman–Crippen MR) is 90.4 cm³/mol. The van der Waals surface area contributed by atoms with Gasteiger partial charge in [0.1, 0.15) is 5.65 Å². The number of hydrogen-bond donors (Lipinski definition) is 1. The van der Waals surface area contributed by atoms with Crippen molar-refractivity contribution in [2.75, 3.05) is 6.54 Å². The van der Waals surface area contributed by atoms with E-state index in [2.05, 4.69) is 9.88 Å². The van der Waals surface area contributed by atoms with Crippen LogP contribution in [0.2, 0.25) is 0 Å². The molecule has 1 atom stereocenters. The van der Waals surface area contributed by atoms with E-state index in [1.807, 2.05) is 25.1 Å². The monoisotopic (exact) mass is 315 g/mol. The maximum Gasteiger partial charge on any atom is 0.258 e. The summed E-state index contributed by atoms with van der Waals surface area (Å²) in [5.74, 6) is 0. The maximum atomic E-state index is 12.2. The predicted octanol–water partition coefficient (Wildman–Crippen LogP) is 2.21. The molecule has 3 rings (SSSR count). The van der Waals surface area contributed by atoms with Gasteiger partial charge in [0.05, 0.1) is 11.8 Å². The summed E-state index contributed by atoms with van der Waals surface area (Å²) in [5, 5.41) is 9.83. The van der Waals surface area contributed by atoms with Crippen LogP contribution in [0.5, 0.6) is 0 Å². The van der Waals surface area contributed by atoms with Crippen molar-refractivity contribution in [2.24, 2.45) is 0 Å². The number of rotatable bonds is 5. The fourth-order valence-electron chi connectivity index (χ4n) is 3.52. The maximum absolute atomic E-state index is 12.2. The first-order valence-corrected chi connectivity index (χ1v) is 8.53. The summed E-state index contributed by atoms with van der Waals surface area (Å²) in [7, 11) is 0. The van der Waals surface area contributed by atoms with Crippen molar-refractivity contribution in [1.29, 1.82) is 0 Å². The number of fused-ring (bicyclic) bond motifs is 1. The van der Waals surface area contributed by atoms with Crippen LogP contribution in [0.15, 0.2) is 35.3 Å². The Bertz CT molecular complexity index is 705. The first-order valence-electron chi connectivity index (χ1n) is 8.53. The van der Waals surface area contributed by atoms with Crippen molar-refractivity contribution in [3.8, 4) is 0 Å². The zero-order chi connectivity index (χ0) is 16.2. The zero-order valence-corrected chi connectivity index (χ0v) is 13.7. The molecule has 0 bridgehead atoms. The molecule has 0 spiro atoms. The molecule has 1 N–H and O–H groups in total. The van der Waals surface area contributed by atoms with E-state index in [0.29, 0.717) is 24.8 Å². The molecule has 1 saturated carbocycles. The second-order valence-electron chi connectivity index (χ2n) is 6.58. The van der Waals surface area contributed by atoms with Gasteiger partial charge in [0.2, 0.25) is 0 Å². The lowest BCUT2D eigenvalue weighted by Gasteiger charge is -2.34. The summed E-state index contributed by atoms with van der Waals surface area (Å²) in [5.41, 5.74) is 1.41. The fraction of sp³-hybridized carbons (Fsp3) is 0.556. The van der Waals surface area contributed by atoms with E-state index in [9.17, 15) is 9.90 Å². The molecule has 124 valence electrons. The lowest BCUT2D eigenvalue weighted by Crippen LogP contribution is -2.40. The van der Waals surface area contributed by atoms with E-state index in [1.54, 1.807) is 16.7 Å². The highest BCUT2D eigenvalue weighted by Gasteiger charge is 2.23. The molecule has 2 aromatic heterocycles. The average molecular weight is 315 g/mol. The molecule has 23 heavy (non-hydrogen) atoms. The molecule has 0 aromatic carbocycles. The summed E-state index contributed by atoms with van der Waals surface area (Å²) >= 11 is 0. The number of pyridine rings is 1. The van der Waals surface area contributed by atoms with Crippen LogP contribution in [-0.4, -0.2) is 38.1 Å². The van der Waals surface area contributed by atoms with Crippen molar-refractivity contribution in [3.05, 3.63) is 46.5 Å². The van der Waals surface area contributed by atoms with E-state index < -0.39 is 0 Å². The number of aliphatic hydroxyl groups excluding tert-OH is 1. The molecule has 0 saturated heterocycles. The molecule has 2 heterocycles. The van der Waals surface area contributed by atoms with E-state index in [-0.39, 0.29) is 11.7 Å². The third-order valence-corrected chi connectivity index (χ3v) is 4.58. The first-order chi connectivity index (χ1) is 11.1. The highest BCUT2D eigenvalue weighted by atomic mass is 16.3. The number of nitrogens with zero attached hydrogens (tertiary/aromatic N) is 3. The highest BCUT2D eigenvalue weighted by Crippen LogP contribution is 2.24. The van der Waals surface area contributed by atoms with Gasteiger partial charge in [-0.2, -0.15) is 0 Å². The molecule has 5 heteroatoms. The zero-order valence-electron chi connectivity index (χ0n) is 13.7. The summed E-state index contributed by atoms with van der Waals surface area (Å²) in [6.45, 7) is 3.06. The van der Waals surface area contributed by atoms with Gasteiger partial charge in [0, 0.05) is 31.4 Å². The van der Waals surface area contributed by atoms with Crippen LogP contribution in [0.25, 0.3) is 5.65 Å². The van der Waals surface area contributed by atoms with Gasteiger partial charge in [0.15, 0.2) is 0 Å². The second kappa shape index (κ2) is 7.23. The quantitative estimate of drug-likeness (QED) is 0.919. The SMILES string of the molecule is CC(O)CN(Cc1cc(=O)n2ccccc2n1)C1CCCCC1. The number of hydrogen-bond acceptors (Lipinski definition) is 4. The van der Waals surface area contributed by atoms with Crippen LogP contribution >= 0.6 is 0 Å². The van der Waals surface area contributed by atoms with E-state index in [4.69, 9.17) is 0 Å². The van der Waals surface area contributed by atoms with Gasteiger partial charge in [-0.05, 0) is 31.9 Å². The highest BCUT2D eigenvalue weighted by molar-refractivity contribution is 5.37. The van der Waals surface area contributed by atoms with Crippen molar-refractivity contribution >= 4 is 5.65 Å². The Morgan fingerprint density at radius 1 is 1.35 bits per heavy atom. The lowest BCUT2D eigenvalue weighted by atomic mass is 9.94. The van der Waals surface area contributed by atoms with Crippen molar-refractivity contribution in [1.82, 2.24) is 14.3 Å². The molecule has 0 aliphatic heterocycles. The minimum atomic E-state index is -0.376. The molecular formula is C18H25N3O2. The molecule has 0 radical (unpaired) electrons. The van der Waals surface area contributed by atoms with Crippen molar-refractivity contribution in [3.63, 3.8) is 0 Å². The Labute approximate surface area is 136 Å². The number of aromatic nitrogens is 2. The van der Waals surface area contributed by atoms with Crippen molar-refractivity contribution < 1.29 is 5.11 Å². The third-order valence-electron chi connectivity index (χ3n) is 4.58. The Balaban J connectivity index is 1.85. The van der Waals surface area contributed by atoms with Crippen LogP contribution in [0.4, 0.5) is 0 Å². The summed E-state index contributed by atoms with van der Waals surface area (Å²) in [6.07, 6.45) is 7.48. The Kier molecular flexibility index (Phi) is 5.08. The smallest absolute Gasteiger partial charge is 0.258 e. The van der Waals surface area contributed by atoms with Crippen LogP contribution < -0.4 is 5.56 Å². The van der Waals surface area contributed by atoms with E-state index >= 15 is 0 Å². The fourth-order valence-corrected chi connectivity index (χ4v) is 3.52. The Morgan fingerprint density at radius 2 is 2.13 bits per heavy atom. The largest absolute Gasteiger partial charge is 0.392 e. The molecule has 2 aromatic rings. The first kappa shape index (κ1) is 16.1. The minimum Gasteiger partial charge on any atom is -0.392 e. The second-order valence-corrected chi connectivity index (χ2v) is 6.58. The van der Waals surface area contributed by atoms with E-state index in [1.165, 1.54) is 32.1 Å². The van der Waals surface area contributed by atoms with Crippen LogP contribution in [0.1, 0.15) is 44.7 Å². The van der Waals surface area contributed by atoms with Crippen LogP contribution in [0.3, 0.4) is 0 Å². The number of aliphatic hydroxyl groups is 1. The topological polar surface area (TPSA) is 57.8 Å². The summed E-state index contributed by atoms with van der Waals surface area (Å²) in [4.78, 5) is 19.1. The normalized spacial score (nSPS) is 17.7. The molecule has 1 aliphatic carbocycles. The molecule has 1 aliphatic rings. The van der Waals surface area contributed by atoms with Gasteiger partial charge in [0.25, 0.3) is 5.56 Å². The summed E-state index contributed by atoms with van der Waals surface area (Å²) < 4.78 is 1.56. The molecule has 0 amide bonds.